The molecule has 1 unspecified atom stereocenters. The van der Waals surface area contributed by atoms with Crippen LogP contribution in [0.4, 0.5) is 18.9 Å². The maximum absolute atomic E-state index is 13.5. The fourth-order valence-corrected chi connectivity index (χ4v) is 1.64. The number of likely N-dealkylation sites (N-methyl/N-ethyl adjacent to an activating group) is 2. The summed E-state index contributed by atoms with van der Waals surface area (Å²) in [5, 5.41) is 2.20. The van der Waals surface area contributed by atoms with Crippen molar-refractivity contribution in [2.75, 3.05) is 33.0 Å². The van der Waals surface area contributed by atoms with Gasteiger partial charge >= 0.3 is 0 Å². The molecule has 22 heavy (non-hydrogen) atoms. The second kappa shape index (κ2) is 7.26. The van der Waals surface area contributed by atoms with E-state index in [1.807, 2.05) is 0 Å². The van der Waals surface area contributed by atoms with Gasteiger partial charge in [0.1, 0.15) is 0 Å². The first kappa shape index (κ1) is 18.0. The van der Waals surface area contributed by atoms with E-state index in [0.717, 1.165) is 12.1 Å². The van der Waals surface area contributed by atoms with Gasteiger partial charge in [0.05, 0.1) is 12.7 Å². The summed E-state index contributed by atoms with van der Waals surface area (Å²) in [6.07, 6.45) is 0. The Balaban J connectivity index is 2.76. The molecule has 1 aromatic rings. The van der Waals surface area contributed by atoms with Crippen molar-refractivity contribution in [3.63, 3.8) is 0 Å². The number of quaternary nitrogens is 1. The summed E-state index contributed by atoms with van der Waals surface area (Å²) in [6, 6.07) is 0.986. The molecule has 2 amide bonds. The van der Waals surface area contributed by atoms with E-state index in [2.05, 4.69) is 5.32 Å². The van der Waals surface area contributed by atoms with Gasteiger partial charge in [0.15, 0.2) is 30.0 Å². The minimum Gasteiger partial charge on any atom is -0.344 e. The zero-order chi connectivity index (χ0) is 17.0. The van der Waals surface area contributed by atoms with Crippen molar-refractivity contribution in [1.29, 1.82) is 0 Å². The highest BCUT2D eigenvalue weighted by molar-refractivity contribution is 5.93. The molecule has 0 radical (unpaired) electrons. The lowest BCUT2D eigenvalue weighted by atomic mass is 10.2. The Kier molecular flexibility index (Phi) is 5.92. The molecule has 5 nitrogen and oxygen atoms in total. The molecule has 8 heteroatoms. The van der Waals surface area contributed by atoms with Crippen LogP contribution in [0.15, 0.2) is 12.1 Å². The fourth-order valence-electron chi connectivity index (χ4n) is 1.64. The summed E-state index contributed by atoms with van der Waals surface area (Å²) in [6.45, 7) is 1.62. The Labute approximate surface area is 126 Å². The van der Waals surface area contributed by atoms with Crippen molar-refractivity contribution in [3.05, 3.63) is 29.6 Å². The fraction of sp³-hybridized carbons (Fsp3) is 0.429. The van der Waals surface area contributed by atoms with Gasteiger partial charge in [-0.2, -0.15) is 0 Å². The molecule has 122 valence electrons. The third-order valence-corrected chi connectivity index (χ3v) is 3.35. The molecule has 2 atom stereocenters. The number of carbonyl (C=O) groups excluding carboxylic acids is 2. The second-order valence-corrected chi connectivity index (χ2v) is 5.25. The van der Waals surface area contributed by atoms with Gasteiger partial charge in [-0.1, -0.05) is 0 Å². The first-order valence-corrected chi connectivity index (χ1v) is 6.62. The van der Waals surface area contributed by atoms with E-state index in [1.54, 1.807) is 28.1 Å². The van der Waals surface area contributed by atoms with E-state index in [9.17, 15) is 22.8 Å². The van der Waals surface area contributed by atoms with E-state index in [4.69, 9.17) is 0 Å². The normalized spacial score (nSPS) is 13.4. The maximum Gasteiger partial charge on any atom is 0.282 e. The molecule has 0 fully saturated rings. The molecule has 0 aromatic heterocycles. The van der Waals surface area contributed by atoms with E-state index < -0.39 is 35.1 Å². The van der Waals surface area contributed by atoms with Gasteiger partial charge in [0.2, 0.25) is 0 Å². The summed E-state index contributed by atoms with van der Waals surface area (Å²) in [4.78, 5) is 25.6. The first-order valence-electron chi connectivity index (χ1n) is 6.62. The van der Waals surface area contributed by atoms with Crippen LogP contribution in [0, 0.1) is 17.5 Å². The lowest BCUT2D eigenvalue weighted by Gasteiger charge is -2.22. The number of carbonyl (C=O) groups is 2. The zero-order valence-electron chi connectivity index (χ0n) is 12.8. The number of nitrogens with zero attached hydrogens (tertiary/aromatic N) is 1. The molecular weight excluding hydrogens is 299 g/mol. The Morgan fingerprint density at radius 1 is 1.23 bits per heavy atom. The molecule has 0 saturated heterocycles. The van der Waals surface area contributed by atoms with Crippen molar-refractivity contribution in [2.24, 2.45) is 0 Å². The summed E-state index contributed by atoms with van der Waals surface area (Å²) in [7, 11) is 4.82. The largest absolute Gasteiger partial charge is 0.344 e. The molecule has 0 bridgehead atoms. The molecule has 0 heterocycles. The number of anilines is 1. The molecule has 0 aliphatic rings. The number of halogens is 3. The van der Waals surface area contributed by atoms with Gasteiger partial charge in [-0.25, -0.2) is 13.2 Å². The highest BCUT2D eigenvalue weighted by atomic mass is 19.2. The van der Waals surface area contributed by atoms with Crippen molar-refractivity contribution >= 4 is 17.5 Å². The Bertz CT molecular complexity index is 579. The second-order valence-electron chi connectivity index (χ2n) is 5.25. The maximum atomic E-state index is 13.5. The van der Waals surface area contributed by atoms with Gasteiger partial charge in [0.25, 0.3) is 11.8 Å². The molecule has 0 saturated carbocycles. The zero-order valence-corrected chi connectivity index (χ0v) is 12.8. The SMILES string of the molecule is C[C@@H](C(=O)Nc1ccc(F)c(F)c1F)[NH+](C)CC(=O)N(C)C. The van der Waals surface area contributed by atoms with E-state index in [-0.39, 0.29) is 12.5 Å². The molecule has 1 rings (SSSR count). The Morgan fingerprint density at radius 3 is 2.36 bits per heavy atom. The van der Waals surface area contributed by atoms with Crippen LogP contribution in [0.2, 0.25) is 0 Å². The van der Waals surface area contributed by atoms with Gasteiger partial charge < -0.3 is 15.1 Å². The summed E-state index contributed by atoms with van der Waals surface area (Å²) < 4.78 is 39.4. The molecule has 1 aromatic carbocycles. The van der Waals surface area contributed by atoms with Gasteiger partial charge in [-0.05, 0) is 19.1 Å². The van der Waals surface area contributed by atoms with Crippen LogP contribution in [-0.2, 0) is 9.59 Å². The minimum absolute atomic E-state index is 0.0713. The van der Waals surface area contributed by atoms with Crippen molar-refractivity contribution in [2.45, 2.75) is 13.0 Å². The summed E-state index contributed by atoms with van der Waals surface area (Å²) in [5.74, 6) is -5.20. The lowest BCUT2D eigenvalue weighted by Crippen LogP contribution is -3.15. The Morgan fingerprint density at radius 2 is 1.82 bits per heavy atom. The average Bonchev–Trinajstić information content (AvgIpc) is 2.46. The third-order valence-electron chi connectivity index (χ3n) is 3.35. The van der Waals surface area contributed by atoms with Crippen molar-refractivity contribution in [1.82, 2.24) is 4.90 Å². The smallest absolute Gasteiger partial charge is 0.282 e. The van der Waals surface area contributed by atoms with Crippen LogP contribution >= 0.6 is 0 Å². The highest BCUT2D eigenvalue weighted by Gasteiger charge is 2.26. The van der Waals surface area contributed by atoms with E-state index in [0.29, 0.717) is 4.90 Å². The van der Waals surface area contributed by atoms with Crippen LogP contribution in [-0.4, -0.2) is 50.4 Å². The monoisotopic (exact) mass is 318 g/mol. The predicted molar refractivity (Wildman–Crippen MR) is 74.9 cm³/mol. The molecule has 2 N–H and O–H groups in total. The van der Waals surface area contributed by atoms with Crippen LogP contribution in [0.3, 0.4) is 0 Å². The Hall–Kier alpha value is -2.09. The number of benzene rings is 1. The number of nitrogens with one attached hydrogen (secondary N) is 2. The van der Waals surface area contributed by atoms with Crippen LogP contribution in [0.1, 0.15) is 6.92 Å². The highest BCUT2D eigenvalue weighted by Crippen LogP contribution is 2.19. The molecular formula is C14H19F3N3O2+. The van der Waals surface area contributed by atoms with E-state index >= 15 is 0 Å². The number of hydrogen-bond donors (Lipinski definition) is 2. The van der Waals surface area contributed by atoms with E-state index in [1.165, 1.54) is 4.90 Å². The third kappa shape index (κ3) is 4.20. The molecule has 0 aliphatic heterocycles. The van der Waals surface area contributed by atoms with Gasteiger partial charge in [-0.15, -0.1) is 0 Å². The number of hydrogen-bond acceptors (Lipinski definition) is 2. The van der Waals surface area contributed by atoms with Crippen molar-refractivity contribution < 1.29 is 27.7 Å². The summed E-state index contributed by atoms with van der Waals surface area (Å²) >= 11 is 0. The van der Waals surface area contributed by atoms with Crippen LogP contribution < -0.4 is 10.2 Å². The molecule has 0 spiro atoms. The number of rotatable bonds is 5. The first-order chi connectivity index (χ1) is 10.1. The average molecular weight is 318 g/mol. The minimum atomic E-state index is -1.64. The van der Waals surface area contributed by atoms with Crippen LogP contribution in [0.25, 0.3) is 0 Å². The predicted octanol–water partition coefficient (Wildman–Crippen LogP) is 0.0338. The topological polar surface area (TPSA) is 53.9 Å². The number of amides is 2. The van der Waals surface area contributed by atoms with Crippen LogP contribution in [0.5, 0.6) is 0 Å². The standard InChI is InChI=1S/C14H18F3N3O2/c1-8(20(4)7-11(21)19(2)3)14(22)18-10-6-5-9(15)12(16)13(10)17/h5-6,8H,7H2,1-4H3,(H,18,22)/p+1/t8-/m0/s1. The summed E-state index contributed by atoms with van der Waals surface area (Å²) in [5.41, 5.74) is -0.442. The van der Waals surface area contributed by atoms with Gasteiger partial charge in [-0.3, -0.25) is 9.59 Å². The molecule has 0 aliphatic carbocycles. The van der Waals surface area contributed by atoms with Gasteiger partial charge in [0, 0.05) is 14.1 Å². The quantitative estimate of drug-likeness (QED) is 0.753. The van der Waals surface area contributed by atoms with Crippen molar-refractivity contribution in [3.8, 4) is 0 Å². The lowest BCUT2D eigenvalue weighted by molar-refractivity contribution is -0.886.